The second-order valence-corrected chi connectivity index (χ2v) is 8.32. The summed E-state index contributed by atoms with van der Waals surface area (Å²) in [5.41, 5.74) is 0.735. The summed E-state index contributed by atoms with van der Waals surface area (Å²) < 4.78 is 0. The first-order chi connectivity index (χ1) is 16.3. The molecule has 2 aromatic heterocycles. The van der Waals surface area contributed by atoms with Crippen LogP contribution in [0.3, 0.4) is 0 Å². The predicted molar refractivity (Wildman–Crippen MR) is 125 cm³/mol. The molecule has 4 rings (SSSR count). The third-order valence-electron chi connectivity index (χ3n) is 4.35. The molecule has 34 heavy (non-hydrogen) atoms. The summed E-state index contributed by atoms with van der Waals surface area (Å²) in [7, 11) is 0. The van der Waals surface area contributed by atoms with Gasteiger partial charge >= 0.3 is 0 Å². The zero-order valence-corrected chi connectivity index (χ0v) is 18.5. The minimum atomic E-state index is -0.587. The Morgan fingerprint density at radius 2 is 1.15 bits per heavy atom. The van der Waals surface area contributed by atoms with E-state index in [1.54, 1.807) is 10.8 Å². The Morgan fingerprint density at radius 1 is 0.735 bits per heavy atom. The van der Waals surface area contributed by atoms with E-state index in [4.69, 9.17) is 0 Å². The molecule has 2 N–H and O–H groups in total. The largest absolute Gasteiger partial charge is 0.298 e. The molecule has 0 atom stereocenters. The average Bonchev–Trinajstić information content (AvgIpc) is 3.48. The number of thiazole rings is 2. The van der Waals surface area contributed by atoms with Crippen LogP contribution in [0.25, 0.3) is 11.4 Å². The molecule has 0 aliphatic rings. The number of rotatable bonds is 7. The number of nitro benzene ring substituents is 2. The van der Waals surface area contributed by atoms with Gasteiger partial charge in [-0.3, -0.25) is 40.5 Å². The topological polar surface area (TPSA) is 170 Å². The number of nitrogens with zero attached hydrogens (tertiary/aromatic N) is 4. The third kappa shape index (κ3) is 5.08. The molecule has 12 nitrogen and oxygen atoms in total. The average molecular weight is 496 g/mol. The molecule has 2 heterocycles. The van der Waals surface area contributed by atoms with Gasteiger partial charge in [-0.25, -0.2) is 9.97 Å². The minimum absolute atomic E-state index is 0.116. The number of nitrogens with one attached hydrogen (secondary N) is 2. The fourth-order valence-corrected chi connectivity index (χ4v) is 4.16. The second-order valence-electron chi connectivity index (χ2n) is 6.60. The van der Waals surface area contributed by atoms with Crippen molar-refractivity contribution in [3.8, 4) is 11.4 Å². The van der Waals surface area contributed by atoms with E-state index in [1.165, 1.54) is 48.5 Å². The van der Waals surface area contributed by atoms with Crippen LogP contribution in [0.1, 0.15) is 20.7 Å². The van der Waals surface area contributed by atoms with Crippen LogP contribution in [-0.4, -0.2) is 31.6 Å². The number of benzene rings is 2. The summed E-state index contributed by atoms with van der Waals surface area (Å²) >= 11 is 2.28. The standard InChI is InChI=1S/C20H12N6O6S2/c27-17(11-3-1-5-13(7-11)25(29)30)23-19-21-15(9-33-19)16-10-34-20(22-16)24-18(28)12-4-2-6-14(8-12)26(31)32/h1-10H,(H,21,23,27)(H,22,24,28). The van der Waals surface area contributed by atoms with E-state index in [-0.39, 0.29) is 32.8 Å². The molecular weight excluding hydrogens is 484 g/mol. The van der Waals surface area contributed by atoms with E-state index in [0.717, 1.165) is 22.7 Å². The van der Waals surface area contributed by atoms with Crippen LogP contribution in [0, 0.1) is 20.2 Å². The fraction of sp³-hybridized carbons (Fsp3) is 0. The first-order valence-electron chi connectivity index (χ1n) is 9.33. The number of aromatic nitrogens is 2. The van der Waals surface area contributed by atoms with Crippen molar-refractivity contribution in [2.45, 2.75) is 0 Å². The van der Waals surface area contributed by atoms with Crippen LogP contribution < -0.4 is 10.6 Å². The van der Waals surface area contributed by atoms with Gasteiger partial charge in [0.1, 0.15) is 11.4 Å². The van der Waals surface area contributed by atoms with Crippen LogP contribution in [0.5, 0.6) is 0 Å². The molecule has 170 valence electrons. The van der Waals surface area contributed by atoms with Crippen molar-refractivity contribution in [1.29, 1.82) is 0 Å². The quantitative estimate of drug-likeness (QED) is 0.276. The molecule has 4 aromatic rings. The zero-order valence-electron chi connectivity index (χ0n) is 16.8. The molecule has 14 heteroatoms. The van der Waals surface area contributed by atoms with Gasteiger partial charge in [0, 0.05) is 46.2 Å². The van der Waals surface area contributed by atoms with Crippen LogP contribution >= 0.6 is 22.7 Å². The highest BCUT2D eigenvalue weighted by molar-refractivity contribution is 7.15. The van der Waals surface area contributed by atoms with Crippen molar-refractivity contribution in [2.24, 2.45) is 0 Å². The fourth-order valence-electron chi connectivity index (χ4n) is 2.76. The van der Waals surface area contributed by atoms with Crippen molar-refractivity contribution in [3.05, 3.63) is 90.6 Å². The monoisotopic (exact) mass is 496 g/mol. The maximum Gasteiger partial charge on any atom is 0.270 e. The van der Waals surface area contributed by atoms with E-state index in [0.29, 0.717) is 11.4 Å². The first kappa shape index (κ1) is 22.6. The van der Waals surface area contributed by atoms with E-state index in [2.05, 4.69) is 20.6 Å². The van der Waals surface area contributed by atoms with Crippen LogP contribution in [0.2, 0.25) is 0 Å². The number of nitro groups is 2. The summed E-state index contributed by atoms with van der Waals surface area (Å²) in [6.07, 6.45) is 0. The van der Waals surface area contributed by atoms with Crippen LogP contribution in [0.4, 0.5) is 21.6 Å². The Bertz CT molecular complexity index is 1320. The SMILES string of the molecule is O=C(Nc1nc(-c2csc(NC(=O)c3cccc([N+](=O)[O-])c3)n2)cs1)c1cccc([N+](=O)[O-])c1. The van der Waals surface area contributed by atoms with Gasteiger partial charge in [-0.2, -0.15) is 0 Å². The smallest absolute Gasteiger partial charge is 0.270 e. The highest BCUT2D eigenvalue weighted by Crippen LogP contribution is 2.29. The molecule has 2 amide bonds. The maximum atomic E-state index is 12.4. The Morgan fingerprint density at radius 3 is 1.53 bits per heavy atom. The van der Waals surface area contributed by atoms with Crippen molar-refractivity contribution < 1.29 is 19.4 Å². The molecule has 2 aromatic carbocycles. The highest BCUT2D eigenvalue weighted by atomic mass is 32.1. The van der Waals surface area contributed by atoms with Crippen molar-refractivity contribution in [2.75, 3.05) is 10.6 Å². The Kier molecular flexibility index (Phi) is 6.33. The van der Waals surface area contributed by atoms with Gasteiger partial charge in [0.05, 0.1) is 9.85 Å². The third-order valence-corrected chi connectivity index (χ3v) is 5.87. The van der Waals surface area contributed by atoms with Gasteiger partial charge in [0.15, 0.2) is 10.3 Å². The molecule has 0 saturated heterocycles. The van der Waals surface area contributed by atoms with Gasteiger partial charge in [-0.05, 0) is 12.1 Å². The molecule has 0 bridgehead atoms. The maximum absolute atomic E-state index is 12.4. The van der Waals surface area contributed by atoms with Gasteiger partial charge in [0.25, 0.3) is 23.2 Å². The number of anilines is 2. The summed E-state index contributed by atoms with van der Waals surface area (Å²) in [4.78, 5) is 54.0. The zero-order chi connectivity index (χ0) is 24.2. The Balaban J connectivity index is 1.43. The van der Waals surface area contributed by atoms with Gasteiger partial charge in [0.2, 0.25) is 0 Å². The summed E-state index contributed by atoms with van der Waals surface area (Å²) in [6.45, 7) is 0. The van der Waals surface area contributed by atoms with E-state index >= 15 is 0 Å². The van der Waals surface area contributed by atoms with Crippen molar-refractivity contribution >= 4 is 56.1 Å². The van der Waals surface area contributed by atoms with E-state index in [1.807, 2.05) is 0 Å². The lowest BCUT2D eigenvalue weighted by Gasteiger charge is -2.01. The molecule has 0 aliphatic heterocycles. The molecular formula is C20H12N6O6S2. The number of hydrogen-bond acceptors (Lipinski definition) is 10. The number of carbonyl (C=O) groups is 2. The van der Waals surface area contributed by atoms with Gasteiger partial charge in [-0.1, -0.05) is 12.1 Å². The number of carbonyl (C=O) groups excluding carboxylic acids is 2. The molecule has 0 unspecified atom stereocenters. The summed E-state index contributed by atoms with van der Waals surface area (Å²) in [5.74, 6) is -1.10. The highest BCUT2D eigenvalue weighted by Gasteiger charge is 2.16. The van der Waals surface area contributed by atoms with Crippen molar-refractivity contribution in [3.63, 3.8) is 0 Å². The molecule has 0 saturated carbocycles. The predicted octanol–water partition coefficient (Wildman–Crippen LogP) is 4.59. The van der Waals surface area contributed by atoms with E-state index < -0.39 is 21.7 Å². The lowest BCUT2D eigenvalue weighted by Crippen LogP contribution is -2.12. The minimum Gasteiger partial charge on any atom is -0.298 e. The van der Waals surface area contributed by atoms with Crippen LogP contribution in [0.15, 0.2) is 59.3 Å². The normalized spacial score (nSPS) is 10.5. The number of hydrogen-bond donors (Lipinski definition) is 2. The molecule has 0 spiro atoms. The van der Waals surface area contributed by atoms with Crippen LogP contribution in [-0.2, 0) is 0 Å². The summed E-state index contributed by atoms with van der Waals surface area (Å²) in [6, 6.07) is 10.6. The molecule has 0 aliphatic carbocycles. The molecule has 0 fully saturated rings. The number of amides is 2. The van der Waals surface area contributed by atoms with Gasteiger partial charge < -0.3 is 0 Å². The lowest BCUT2D eigenvalue weighted by molar-refractivity contribution is -0.385. The van der Waals surface area contributed by atoms with Crippen molar-refractivity contribution in [1.82, 2.24) is 9.97 Å². The first-order valence-corrected chi connectivity index (χ1v) is 11.1. The lowest BCUT2D eigenvalue weighted by atomic mass is 10.2. The number of non-ortho nitro benzene ring substituents is 2. The van der Waals surface area contributed by atoms with E-state index in [9.17, 15) is 29.8 Å². The second kappa shape index (κ2) is 9.51. The Labute approximate surface area is 198 Å². The molecule has 0 radical (unpaired) electrons. The summed E-state index contributed by atoms with van der Waals surface area (Å²) in [5, 5.41) is 30.8. The van der Waals surface area contributed by atoms with Gasteiger partial charge in [-0.15, -0.1) is 22.7 Å². The Hall–Kier alpha value is -4.56.